The second kappa shape index (κ2) is 13.3. The van der Waals surface area contributed by atoms with Crippen LogP contribution in [0.15, 0.2) is 42.5 Å². The molecular formula is C30H47F2NO4Si. The quantitative estimate of drug-likeness (QED) is 0.144. The summed E-state index contributed by atoms with van der Waals surface area (Å²) in [6, 6.07) is 7.44. The molecule has 0 saturated carbocycles. The van der Waals surface area contributed by atoms with Gasteiger partial charge in [-0.1, -0.05) is 70.2 Å². The highest BCUT2D eigenvalue weighted by molar-refractivity contribution is 6.74. The third kappa shape index (κ3) is 8.47. The highest BCUT2D eigenvalue weighted by Crippen LogP contribution is 2.42. The molecule has 38 heavy (non-hydrogen) atoms. The van der Waals surface area contributed by atoms with Crippen LogP contribution in [0.4, 0.5) is 8.78 Å². The Morgan fingerprint density at radius 2 is 1.82 bits per heavy atom. The van der Waals surface area contributed by atoms with Gasteiger partial charge in [0.2, 0.25) is 5.91 Å². The van der Waals surface area contributed by atoms with Gasteiger partial charge in [-0.15, -0.1) is 0 Å². The zero-order chi connectivity index (χ0) is 28.7. The molecule has 0 bridgehead atoms. The molecule has 0 aliphatic carbocycles. The first kappa shape index (κ1) is 32.2. The molecule has 1 aliphatic rings. The first-order valence-electron chi connectivity index (χ1n) is 13.9. The summed E-state index contributed by atoms with van der Waals surface area (Å²) >= 11 is 0. The molecule has 1 aromatic rings. The van der Waals surface area contributed by atoms with Gasteiger partial charge in [0.05, 0.1) is 12.1 Å². The Balaban J connectivity index is 2.27. The number of halogens is 2. The van der Waals surface area contributed by atoms with Gasteiger partial charge in [-0.3, -0.25) is 9.59 Å². The van der Waals surface area contributed by atoms with Gasteiger partial charge in [-0.2, -0.15) is 8.78 Å². The number of rotatable bonds is 13. The molecule has 8 heteroatoms. The molecule has 1 aromatic carbocycles. The Labute approximate surface area is 229 Å². The minimum atomic E-state index is -3.23. The first-order valence-corrected chi connectivity index (χ1v) is 16.8. The second-order valence-corrected chi connectivity index (χ2v) is 16.8. The summed E-state index contributed by atoms with van der Waals surface area (Å²) in [7, 11) is -2.54. The third-order valence-electron chi connectivity index (χ3n) is 7.70. The predicted molar refractivity (Wildman–Crippen MR) is 151 cm³/mol. The van der Waals surface area contributed by atoms with Crippen molar-refractivity contribution in [1.82, 2.24) is 4.90 Å². The van der Waals surface area contributed by atoms with Crippen molar-refractivity contribution in [2.24, 2.45) is 0 Å². The van der Waals surface area contributed by atoms with Gasteiger partial charge in [0, 0.05) is 24.4 Å². The number of carbonyl (C=O) groups excluding carboxylic acids is 2. The van der Waals surface area contributed by atoms with E-state index in [2.05, 4.69) is 0 Å². The number of nitrogens with zero attached hydrogens (tertiary/aromatic N) is 1. The minimum absolute atomic E-state index is 0.0212. The largest absolute Gasteiger partial charge is 0.463 e. The van der Waals surface area contributed by atoms with Crippen LogP contribution in [0.2, 0.25) is 18.1 Å². The summed E-state index contributed by atoms with van der Waals surface area (Å²) in [4.78, 5) is 26.7. The predicted octanol–water partition coefficient (Wildman–Crippen LogP) is 7.62. The average Bonchev–Trinajstić information content (AvgIpc) is 3.18. The fourth-order valence-corrected chi connectivity index (χ4v) is 5.73. The molecule has 3 atom stereocenters. The lowest BCUT2D eigenvalue weighted by molar-refractivity contribution is -0.147. The minimum Gasteiger partial charge on any atom is -0.463 e. The van der Waals surface area contributed by atoms with Gasteiger partial charge in [0.25, 0.3) is 0 Å². The van der Waals surface area contributed by atoms with E-state index in [1.54, 1.807) is 24.3 Å². The highest BCUT2D eigenvalue weighted by Gasteiger charge is 2.47. The summed E-state index contributed by atoms with van der Waals surface area (Å²) in [5.41, 5.74) is -0.0903. The maximum Gasteiger partial charge on any atom is 0.306 e. The lowest BCUT2D eigenvalue weighted by atomic mass is 10.0. The molecule has 0 spiro atoms. The lowest BCUT2D eigenvalue weighted by Crippen LogP contribution is -2.48. The normalized spacial score (nSPS) is 18.9. The maximum atomic E-state index is 15.9. The second-order valence-electron chi connectivity index (χ2n) is 12.1. The molecule has 1 saturated heterocycles. The molecule has 1 unspecified atom stereocenters. The van der Waals surface area contributed by atoms with Gasteiger partial charge in [0.15, 0.2) is 8.32 Å². The number of amides is 1. The van der Waals surface area contributed by atoms with E-state index >= 15 is 8.78 Å². The molecule has 2 rings (SSSR count). The van der Waals surface area contributed by atoms with Crippen molar-refractivity contribution in [2.45, 2.75) is 128 Å². The van der Waals surface area contributed by atoms with Crippen LogP contribution in [0.5, 0.6) is 0 Å². The summed E-state index contributed by atoms with van der Waals surface area (Å²) in [5.74, 6) is -3.46. The smallest absolute Gasteiger partial charge is 0.306 e. The monoisotopic (exact) mass is 551 g/mol. The van der Waals surface area contributed by atoms with E-state index in [4.69, 9.17) is 9.16 Å². The zero-order valence-corrected chi connectivity index (χ0v) is 25.4. The molecule has 5 nitrogen and oxygen atoms in total. The Morgan fingerprint density at radius 1 is 1.18 bits per heavy atom. The fourth-order valence-electron chi connectivity index (χ4n) is 4.51. The van der Waals surface area contributed by atoms with Crippen LogP contribution in [0.25, 0.3) is 0 Å². The Bertz CT molecular complexity index is 943. The number of hydrogen-bond donors (Lipinski definition) is 0. The lowest BCUT2D eigenvalue weighted by Gasteiger charge is -2.40. The number of carbonyl (C=O) groups is 2. The zero-order valence-electron chi connectivity index (χ0n) is 24.4. The molecule has 0 aromatic heterocycles. The van der Waals surface area contributed by atoms with Crippen molar-refractivity contribution in [2.75, 3.05) is 0 Å². The molecule has 0 radical (unpaired) electrons. The maximum absolute atomic E-state index is 15.9. The Morgan fingerprint density at radius 3 is 2.37 bits per heavy atom. The number of benzene rings is 1. The van der Waals surface area contributed by atoms with Crippen LogP contribution >= 0.6 is 0 Å². The summed E-state index contributed by atoms with van der Waals surface area (Å²) in [6.07, 6.45) is 4.85. The first-order chi connectivity index (χ1) is 17.6. The van der Waals surface area contributed by atoms with Crippen LogP contribution in [-0.2, 0) is 24.7 Å². The summed E-state index contributed by atoms with van der Waals surface area (Å²) in [6.45, 7) is 15.7. The molecule has 1 heterocycles. The van der Waals surface area contributed by atoms with Crippen LogP contribution in [0.3, 0.4) is 0 Å². The molecule has 0 N–H and O–H groups in total. The SMILES string of the molecule is CCC(CCCC(=O)OC(C)C)N1C(=O)CC[C@@H]1/C=C/[C@@H](O[Si](C)(C)C(C)(C)C)C(F)(F)c1ccccc1. The van der Waals surface area contributed by atoms with E-state index in [9.17, 15) is 9.59 Å². The summed E-state index contributed by atoms with van der Waals surface area (Å²) < 4.78 is 43.2. The number of esters is 1. The summed E-state index contributed by atoms with van der Waals surface area (Å²) in [5, 5.41) is -0.245. The van der Waals surface area contributed by atoms with Gasteiger partial charge < -0.3 is 14.1 Å². The van der Waals surface area contributed by atoms with Gasteiger partial charge in [-0.25, -0.2) is 0 Å². The number of alkyl halides is 2. The van der Waals surface area contributed by atoms with Crippen molar-refractivity contribution in [3.05, 3.63) is 48.0 Å². The van der Waals surface area contributed by atoms with Gasteiger partial charge >= 0.3 is 11.9 Å². The van der Waals surface area contributed by atoms with Crippen molar-refractivity contribution < 1.29 is 27.5 Å². The molecule has 1 aliphatic heterocycles. The van der Waals surface area contributed by atoms with E-state index < -0.39 is 20.3 Å². The number of ether oxygens (including phenoxy) is 1. The molecule has 1 fully saturated rings. The molecule has 214 valence electrons. The van der Waals surface area contributed by atoms with Crippen LogP contribution in [-0.4, -0.2) is 49.4 Å². The average molecular weight is 552 g/mol. The van der Waals surface area contributed by atoms with Crippen LogP contribution in [0, 0.1) is 0 Å². The van der Waals surface area contributed by atoms with Gasteiger partial charge in [0.1, 0.15) is 6.10 Å². The van der Waals surface area contributed by atoms with Crippen molar-refractivity contribution in [1.29, 1.82) is 0 Å². The van der Waals surface area contributed by atoms with Gasteiger partial charge in [-0.05, 0) is 57.7 Å². The molecule has 1 amide bonds. The number of likely N-dealkylation sites (tertiary alicyclic amines) is 1. The Hall–Kier alpha value is -2.06. The van der Waals surface area contributed by atoms with Crippen molar-refractivity contribution >= 4 is 20.2 Å². The standard InChI is InChI=1S/C30H47F2NO4Si/c1-9-24(16-13-17-28(35)36-22(2)3)33-25(19-21-27(33)34)18-20-26(37-38(7,8)29(4,5)6)30(31,32)23-14-11-10-12-15-23/h10-12,14-15,18,20,22,24-26H,9,13,16-17,19,21H2,1-8H3/b20-18+/t24?,25-,26+/m0/s1. The van der Waals surface area contributed by atoms with Crippen molar-refractivity contribution in [3.63, 3.8) is 0 Å². The van der Waals surface area contributed by atoms with Crippen LogP contribution < -0.4 is 0 Å². The topological polar surface area (TPSA) is 55.8 Å². The van der Waals surface area contributed by atoms with E-state index in [1.165, 1.54) is 18.2 Å². The Kier molecular flexibility index (Phi) is 11.3. The number of hydrogen-bond acceptors (Lipinski definition) is 4. The fraction of sp³-hybridized carbons (Fsp3) is 0.667. The van der Waals surface area contributed by atoms with Crippen molar-refractivity contribution in [3.8, 4) is 0 Å². The van der Waals surface area contributed by atoms with E-state index in [0.29, 0.717) is 32.1 Å². The van der Waals surface area contributed by atoms with E-state index in [-0.39, 0.29) is 40.7 Å². The van der Waals surface area contributed by atoms with E-state index in [1.807, 2.05) is 59.5 Å². The van der Waals surface area contributed by atoms with Crippen LogP contribution in [0.1, 0.15) is 85.6 Å². The highest BCUT2D eigenvalue weighted by atomic mass is 28.4. The van der Waals surface area contributed by atoms with E-state index in [0.717, 1.165) is 6.42 Å². The third-order valence-corrected chi connectivity index (χ3v) is 12.2. The molecular weight excluding hydrogens is 504 g/mol.